The maximum absolute atomic E-state index is 11.5. The molecule has 0 bridgehead atoms. The monoisotopic (exact) mass is 290 g/mol. The van der Waals surface area contributed by atoms with Gasteiger partial charge in [0.2, 0.25) is 0 Å². The van der Waals surface area contributed by atoms with Crippen LogP contribution in [-0.4, -0.2) is 18.1 Å². The van der Waals surface area contributed by atoms with E-state index in [1.54, 1.807) is 0 Å². The lowest BCUT2D eigenvalue weighted by Gasteiger charge is -2.04. The molecule has 0 spiro atoms. The number of esters is 1. The van der Waals surface area contributed by atoms with Crippen LogP contribution in [-0.2, 0) is 17.7 Å². The number of methoxy groups -OCH3 is 1. The van der Waals surface area contributed by atoms with E-state index in [1.165, 1.54) is 29.6 Å². The Kier molecular flexibility index (Phi) is 4.74. The highest BCUT2D eigenvalue weighted by atomic mass is 32.1. The quantitative estimate of drug-likeness (QED) is 0.857. The lowest BCUT2D eigenvalue weighted by atomic mass is 10.1. The highest BCUT2D eigenvalue weighted by molar-refractivity contribution is 7.15. The van der Waals surface area contributed by atoms with Crippen molar-refractivity contribution in [2.45, 2.75) is 26.8 Å². The molecule has 1 aromatic carbocycles. The SMILES string of the molecule is CCc1ccc(CNc2nc(C(=O)OC)c(C)s2)cc1. The van der Waals surface area contributed by atoms with Crippen LogP contribution in [0.1, 0.15) is 33.4 Å². The summed E-state index contributed by atoms with van der Waals surface area (Å²) >= 11 is 1.46. The number of carbonyl (C=O) groups excluding carboxylic acids is 1. The fraction of sp³-hybridized carbons (Fsp3) is 0.333. The molecule has 20 heavy (non-hydrogen) atoms. The highest BCUT2D eigenvalue weighted by Gasteiger charge is 2.15. The third-order valence-electron chi connectivity index (χ3n) is 3.05. The topological polar surface area (TPSA) is 51.2 Å². The molecule has 5 heteroatoms. The smallest absolute Gasteiger partial charge is 0.357 e. The maximum atomic E-state index is 11.5. The Bertz CT molecular complexity index is 590. The number of nitrogens with one attached hydrogen (secondary N) is 1. The lowest BCUT2D eigenvalue weighted by molar-refractivity contribution is 0.0594. The molecule has 0 saturated carbocycles. The van der Waals surface area contributed by atoms with Crippen LogP contribution >= 0.6 is 11.3 Å². The zero-order chi connectivity index (χ0) is 14.5. The summed E-state index contributed by atoms with van der Waals surface area (Å²) in [6.45, 7) is 4.70. The molecule has 0 unspecified atom stereocenters. The van der Waals surface area contributed by atoms with Gasteiger partial charge < -0.3 is 10.1 Å². The molecule has 0 amide bonds. The van der Waals surface area contributed by atoms with Gasteiger partial charge in [-0.2, -0.15) is 0 Å². The zero-order valence-electron chi connectivity index (χ0n) is 11.9. The van der Waals surface area contributed by atoms with Crippen LogP contribution in [0.5, 0.6) is 0 Å². The number of thiazole rings is 1. The number of rotatable bonds is 5. The standard InChI is InChI=1S/C15H18N2O2S/c1-4-11-5-7-12(8-6-11)9-16-15-17-13(10(2)20-15)14(18)19-3/h5-8H,4,9H2,1-3H3,(H,16,17). The van der Waals surface area contributed by atoms with E-state index in [2.05, 4.69) is 41.5 Å². The second-order valence-corrected chi connectivity index (χ2v) is 5.64. The van der Waals surface area contributed by atoms with E-state index in [4.69, 9.17) is 4.74 Å². The first-order valence-corrected chi connectivity index (χ1v) is 7.33. The Morgan fingerprint density at radius 2 is 1.95 bits per heavy atom. The van der Waals surface area contributed by atoms with Crippen LogP contribution in [0.3, 0.4) is 0 Å². The van der Waals surface area contributed by atoms with Gasteiger partial charge >= 0.3 is 5.97 Å². The molecular weight excluding hydrogens is 272 g/mol. The first-order chi connectivity index (χ1) is 9.63. The van der Waals surface area contributed by atoms with Crippen molar-refractivity contribution in [2.24, 2.45) is 0 Å². The third-order valence-corrected chi connectivity index (χ3v) is 3.98. The molecule has 0 saturated heterocycles. The van der Waals surface area contributed by atoms with Crippen molar-refractivity contribution in [3.05, 3.63) is 46.0 Å². The first kappa shape index (κ1) is 14.5. The fourth-order valence-corrected chi connectivity index (χ4v) is 2.63. The van der Waals surface area contributed by atoms with Gasteiger partial charge in [0.1, 0.15) is 0 Å². The molecule has 4 nitrogen and oxygen atoms in total. The van der Waals surface area contributed by atoms with Gasteiger partial charge in [0.25, 0.3) is 0 Å². The summed E-state index contributed by atoms with van der Waals surface area (Å²) in [6, 6.07) is 8.47. The molecule has 0 atom stereocenters. The van der Waals surface area contributed by atoms with Gasteiger partial charge in [-0.25, -0.2) is 9.78 Å². The van der Waals surface area contributed by atoms with Crippen LogP contribution in [0.2, 0.25) is 0 Å². The second-order valence-electron chi connectivity index (χ2n) is 4.44. The van der Waals surface area contributed by atoms with Crippen LogP contribution < -0.4 is 5.32 Å². The summed E-state index contributed by atoms with van der Waals surface area (Å²) in [6.07, 6.45) is 1.04. The summed E-state index contributed by atoms with van der Waals surface area (Å²) in [5.74, 6) is -0.390. The van der Waals surface area contributed by atoms with Crippen molar-refractivity contribution >= 4 is 22.4 Å². The van der Waals surface area contributed by atoms with Crippen molar-refractivity contribution < 1.29 is 9.53 Å². The number of carbonyl (C=O) groups is 1. The Morgan fingerprint density at radius 3 is 2.55 bits per heavy atom. The molecule has 0 fully saturated rings. The average molecular weight is 290 g/mol. The van der Waals surface area contributed by atoms with Gasteiger partial charge in [0.05, 0.1) is 7.11 Å². The van der Waals surface area contributed by atoms with Gasteiger partial charge in [-0.05, 0) is 24.5 Å². The molecule has 0 aliphatic carbocycles. The van der Waals surface area contributed by atoms with E-state index in [0.717, 1.165) is 16.4 Å². The summed E-state index contributed by atoms with van der Waals surface area (Å²) in [5.41, 5.74) is 2.91. The van der Waals surface area contributed by atoms with Gasteiger partial charge in [0.15, 0.2) is 10.8 Å². The summed E-state index contributed by atoms with van der Waals surface area (Å²) < 4.78 is 4.70. The molecule has 1 aromatic heterocycles. The fourth-order valence-electron chi connectivity index (χ4n) is 1.83. The van der Waals surface area contributed by atoms with Crippen molar-refractivity contribution in [1.82, 2.24) is 4.98 Å². The second kappa shape index (κ2) is 6.52. The summed E-state index contributed by atoms with van der Waals surface area (Å²) in [7, 11) is 1.36. The number of nitrogens with zero attached hydrogens (tertiary/aromatic N) is 1. The normalized spacial score (nSPS) is 10.3. The first-order valence-electron chi connectivity index (χ1n) is 6.51. The Labute approximate surface area is 122 Å². The number of benzene rings is 1. The predicted molar refractivity (Wildman–Crippen MR) is 81.3 cm³/mol. The number of ether oxygens (including phenoxy) is 1. The molecule has 2 aromatic rings. The van der Waals surface area contributed by atoms with Crippen LogP contribution in [0, 0.1) is 6.92 Å². The van der Waals surface area contributed by atoms with E-state index < -0.39 is 0 Å². The van der Waals surface area contributed by atoms with E-state index in [1.807, 2.05) is 6.92 Å². The minimum atomic E-state index is -0.390. The minimum Gasteiger partial charge on any atom is -0.464 e. The molecular formula is C15H18N2O2S. The summed E-state index contributed by atoms with van der Waals surface area (Å²) in [4.78, 5) is 16.6. The number of hydrogen-bond acceptors (Lipinski definition) is 5. The van der Waals surface area contributed by atoms with Gasteiger partial charge in [-0.1, -0.05) is 31.2 Å². The minimum absolute atomic E-state index is 0.390. The Morgan fingerprint density at radius 1 is 1.30 bits per heavy atom. The van der Waals surface area contributed by atoms with E-state index in [0.29, 0.717) is 12.2 Å². The third kappa shape index (κ3) is 3.36. The maximum Gasteiger partial charge on any atom is 0.357 e. The Balaban J connectivity index is 2.01. The number of anilines is 1. The largest absolute Gasteiger partial charge is 0.464 e. The molecule has 0 aliphatic heterocycles. The molecule has 1 N–H and O–H groups in total. The van der Waals surface area contributed by atoms with Crippen LogP contribution in [0.15, 0.2) is 24.3 Å². The predicted octanol–water partition coefficient (Wildman–Crippen LogP) is 3.41. The van der Waals surface area contributed by atoms with Gasteiger partial charge in [-0.3, -0.25) is 0 Å². The van der Waals surface area contributed by atoms with Crippen molar-refractivity contribution in [3.8, 4) is 0 Å². The van der Waals surface area contributed by atoms with Gasteiger partial charge in [-0.15, -0.1) is 11.3 Å². The van der Waals surface area contributed by atoms with E-state index in [-0.39, 0.29) is 5.97 Å². The molecule has 0 aliphatic rings. The summed E-state index contributed by atoms with van der Waals surface area (Å²) in [5, 5.41) is 3.98. The number of aryl methyl sites for hydroxylation is 2. The van der Waals surface area contributed by atoms with Crippen molar-refractivity contribution in [1.29, 1.82) is 0 Å². The number of aromatic nitrogens is 1. The molecule has 2 rings (SSSR count). The van der Waals surface area contributed by atoms with Gasteiger partial charge in [0, 0.05) is 11.4 Å². The lowest BCUT2D eigenvalue weighted by Crippen LogP contribution is -2.04. The Hall–Kier alpha value is -1.88. The molecule has 1 heterocycles. The van der Waals surface area contributed by atoms with Crippen molar-refractivity contribution in [2.75, 3.05) is 12.4 Å². The highest BCUT2D eigenvalue weighted by Crippen LogP contribution is 2.23. The zero-order valence-corrected chi connectivity index (χ0v) is 12.7. The average Bonchev–Trinajstić information content (AvgIpc) is 2.86. The van der Waals surface area contributed by atoms with Crippen molar-refractivity contribution in [3.63, 3.8) is 0 Å². The molecule has 0 radical (unpaired) electrons. The molecule has 106 valence electrons. The van der Waals surface area contributed by atoms with E-state index >= 15 is 0 Å². The van der Waals surface area contributed by atoms with E-state index in [9.17, 15) is 4.79 Å². The number of hydrogen-bond donors (Lipinski definition) is 1. The van der Waals surface area contributed by atoms with Crippen LogP contribution in [0.4, 0.5) is 5.13 Å². The van der Waals surface area contributed by atoms with Crippen LogP contribution in [0.25, 0.3) is 0 Å².